The number of aromatic nitrogens is 1. The van der Waals surface area contributed by atoms with Crippen molar-refractivity contribution < 1.29 is 9.53 Å². The number of anilines is 1. The summed E-state index contributed by atoms with van der Waals surface area (Å²) >= 11 is 0. The summed E-state index contributed by atoms with van der Waals surface area (Å²) in [5.74, 6) is 0.708. The van der Waals surface area contributed by atoms with Crippen LogP contribution >= 0.6 is 0 Å². The second-order valence-corrected chi connectivity index (χ2v) is 6.45. The van der Waals surface area contributed by atoms with Gasteiger partial charge in [0, 0.05) is 18.8 Å². The highest BCUT2D eigenvalue weighted by Gasteiger charge is 2.14. The average Bonchev–Trinajstić information content (AvgIpc) is 3.17. The average molecular weight is 339 g/mol. The molecule has 1 amide bonds. The summed E-state index contributed by atoms with van der Waals surface area (Å²) in [5, 5.41) is 3.00. The standard InChI is InChI=1S/C20H25N3O2/c1-15(19-10-9-18(25-2)14-21-19)22-20(24)13-16-5-7-17(8-6-16)23-11-3-4-12-23/h5-10,14-15H,3-4,11-13H2,1-2H3,(H,22,24)/t15-/m1/s1. The van der Waals surface area contributed by atoms with Crippen molar-refractivity contribution in [2.24, 2.45) is 0 Å². The van der Waals surface area contributed by atoms with E-state index in [-0.39, 0.29) is 11.9 Å². The largest absolute Gasteiger partial charge is 0.495 e. The molecule has 2 aromatic rings. The SMILES string of the molecule is COc1ccc([C@@H](C)NC(=O)Cc2ccc(N3CCCC3)cc2)nc1. The number of ether oxygens (including phenoxy) is 1. The lowest BCUT2D eigenvalue weighted by Gasteiger charge is -2.18. The molecule has 0 aliphatic carbocycles. The van der Waals surface area contributed by atoms with E-state index in [2.05, 4.69) is 27.3 Å². The van der Waals surface area contributed by atoms with E-state index in [1.54, 1.807) is 13.3 Å². The van der Waals surface area contributed by atoms with Crippen molar-refractivity contribution in [3.8, 4) is 5.75 Å². The smallest absolute Gasteiger partial charge is 0.224 e. The molecule has 0 spiro atoms. The topological polar surface area (TPSA) is 54.5 Å². The van der Waals surface area contributed by atoms with Gasteiger partial charge in [-0.2, -0.15) is 0 Å². The second-order valence-electron chi connectivity index (χ2n) is 6.45. The first-order valence-corrected chi connectivity index (χ1v) is 8.79. The van der Waals surface area contributed by atoms with Crippen molar-refractivity contribution in [3.63, 3.8) is 0 Å². The Balaban J connectivity index is 1.54. The van der Waals surface area contributed by atoms with E-state index in [9.17, 15) is 4.79 Å². The molecule has 1 saturated heterocycles. The number of carbonyl (C=O) groups is 1. The fourth-order valence-corrected chi connectivity index (χ4v) is 3.12. The van der Waals surface area contributed by atoms with Crippen molar-refractivity contribution in [3.05, 3.63) is 53.9 Å². The number of hydrogen-bond acceptors (Lipinski definition) is 4. The molecule has 0 saturated carbocycles. The van der Waals surface area contributed by atoms with Crippen LogP contribution in [0.15, 0.2) is 42.6 Å². The molecule has 3 rings (SSSR count). The summed E-state index contributed by atoms with van der Waals surface area (Å²) in [6.07, 6.45) is 4.57. The molecule has 2 heterocycles. The third kappa shape index (κ3) is 4.50. The predicted octanol–water partition coefficient (Wildman–Crippen LogP) is 3.11. The van der Waals surface area contributed by atoms with Crippen LogP contribution in [0.25, 0.3) is 0 Å². The lowest BCUT2D eigenvalue weighted by molar-refractivity contribution is -0.121. The van der Waals surface area contributed by atoms with Crippen LogP contribution in [0, 0.1) is 0 Å². The number of amides is 1. The predicted molar refractivity (Wildman–Crippen MR) is 98.9 cm³/mol. The van der Waals surface area contributed by atoms with Crippen molar-refractivity contribution in [2.45, 2.75) is 32.2 Å². The Kier molecular flexibility index (Phi) is 5.53. The van der Waals surface area contributed by atoms with Crippen LogP contribution in [-0.2, 0) is 11.2 Å². The summed E-state index contributed by atoms with van der Waals surface area (Å²) in [6, 6.07) is 11.9. The van der Waals surface area contributed by atoms with Gasteiger partial charge in [0.15, 0.2) is 0 Å². The fraction of sp³-hybridized carbons (Fsp3) is 0.400. The van der Waals surface area contributed by atoms with Crippen LogP contribution < -0.4 is 15.0 Å². The summed E-state index contributed by atoms with van der Waals surface area (Å²) in [5.41, 5.74) is 3.09. The zero-order valence-electron chi connectivity index (χ0n) is 14.9. The normalized spacial score (nSPS) is 15.0. The molecule has 1 fully saturated rings. The van der Waals surface area contributed by atoms with Crippen molar-refractivity contribution in [1.29, 1.82) is 0 Å². The zero-order valence-corrected chi connectivity index (χ0v) is 14.9. The minimum Gasteiger partial charge on any atom is -0.495 e. The monoisotopic (exact) mass is 339 g/mol. The lowest BCUT2D eigenvalue weighted by atomic mass is 10.1. The number of pyridine rings is 1. The van der Waals surface area contributed by atoms with Crippen molar-refractivity contribution in [2.75, 3.05) is 25.1 Å². The van der Waals surface area contributed by atoms with Gasteiger partial charge in [-0.15, -0.1) is 0 Å². The van der Waals surface area contributed by atoms with Gasteiger partial charge in [0.1, 0.15) is 5.75 Å². The molecule has 1 N–H and O–H groups in total. The molecule has 132 valence electrons. The first-order valence-electron chi connectivity index (χ1n) is 8.79. The number of methoxy groups -OCH3 is 1. The number of hydrogen-bond donors (Lipinski definition) is 1. The summed E-state index contributed by atoms with van der Waals surface area (Å²) in [4.78, 5) is 19.0. The van der Waals surface area contributed by atoms with Gasteiger partial charge in [0.2, 0.25) is 5.91 Å². The van der Waals surface area contributed by atoms with Gasteiger partial charge in [-0.05, 0) is 49.6 Å². The molecule has 1 atom stereocenters. The Hall–Kier alpha value is -2.56. The van der Waals surface area contributed by atoms with Gasteiger partial charge in [0.25, 0.3) is 0 Å². The first-order chi connectivity index (χ1) is 12.2. The molecule has 0 unspecified atom stereocenters. The maximum Gasteiger partial charge on any atom is 0.224 e. The number of carbonyl (C=O) groups excluding carboxylic acids is 1. The van der Waals surface area contributed by atoms with Crippen LogP contribution in [0.5, 0.6) is 5.75 Å². The molecule has 0 radical (unpaired) electrons. The van der Waals surface area contributed by atoms with E-state index in [0.717, 1.165) is 24.3 Å². The maximum absolute atomic E-state index is 12.3. The van der Waals surface area contributed by atoms with E-state index >= 15 is 0 Å². The molecule has 1 aliphatic rings. The van der Waals surface area contributed by atoms with Crippen LogP contribution in [0.3, 0.4) is 0 Å². The minimum atomic E-state index is -0.137. The van der Waals surface area contributed by atoms with E-state index in [1.165, 1.54) is 18.5 Å². The highest BCUT2D eigenvalue weighted by Crippen LogP contribution is 2.20. The zero-order chi connectivity index (χ0) is 17.6. The van der Waals surface area contributed by atoms with Crippen molar-refractivity contribution >= 4 is 11.6 Å². The van der Waals surface area contributed by atoms with Gasteiger partial charge in [-0.1, -0.05) is 12.1 Å². The molecular weight excluding hydrogens is 314 g/mol. The summed E-state index contributed by atoms with van der Waals surface area (Å²) < 4.78 is 5.10. The van der Waals surface area contributed by atoms with Crippen LogP contribution in [-0.4, -0.2) is 31.1 Å². The fourth-order valence-electron chi connectivity index (χ4n) is 3.12. The summed E-state index contributed by atoms with van der Waals surface area (Å²) in [7, 11) is 1.61. The van der Waals surface area contributed by atoms with Gasteiger partial charge < -0.3 is 15.0 Å². The molecule has 5 heteroatoms. The van der Waals surface area contributed by atoms with Crippen LogP contribution in [0.2, 0.25) is 0 Å². The second kappa shape index (κ2) is 8.01. The molecule has 5 nitrogen and oxygen atoms in total. The van der Waals surface area contributed by atoms with E-state index < -0.39 is 0 Å². The molecule has 0 bridgehead atoms. The number of benzene rings is 1. The van der Waals surface area contributed by atoms with E-state index in [4.69, 9.17) is 4.74 Å². The Labute approximate surface area is 149 Å². The Morgan fingerprint density at radius 1 is 1.20 bits per heavy atom. The Morgan fingerprint density at radius 2 is 1.92 bits per heavy atom. The highest BCUT2D eigenvalue weighted by molar-refractivity contribution is 5.79. The maximum atomic E-state index is 12.3. The molecule has 1 aromatic carbocycles. The third-order valence-corrected chi connectivity index (χ3v) is 4.59. The highest BCUT2D eigenvalue weighted by atomic mass is 16.5. The summed E-state index contributed by atoms with van der Waals surface area (Å²) in [6.45, 7) is 4.20. The Bertz CT molecular complexity index is 692. The van der Waals surface area contributed by atoms with Crippen molar-refractivity contribution in [1.82, 2.24) is 10.3 Å². The molecule has 1 aliphatic heterocycles. The number of rotatable bonds is 6. The van der Waals surface area contributed by atoms with E-state index in [1.807, 2.05) is 31.2 Å². The van der Waals surface area contributed by atoms with Gasteiger partial charge >= 0.3 is 0 Å². The Morgan fingerprint density at radius 3 is 2.52 bits per heavy atom. The number of nitrogens with one attached hydrogen (secondary N) is 1. The third-order valence-electron chi connectivity index (χ3n) is 4.59. The van der Waals surface area contributed by atoms with Gasteiger partial charge in [-0.25, -0.2) is 0 Å². The first kappa shape index (κ1) is 17.3. The quantitative estimate of drug-likeness (QED) is 0.879. The lowest BCUT2D eigenvalue weighted by Crippen LogP contribution is -2.28. The molecular formula is C20H25N3O2. The van der Waals surface area contributed by atoms with E-state index in [0.29, 0.717) is 12.2 Å². The van der Waals surface area contributed by atoms with Crippen LogP contribution in [0.4, 0.5) is 5.69 Å². The van der Waals surface area contributed by atoms with Gasteiger partial charge in [0.05, 0.1) is 31.5 Å². The molecule has 25 heavy (non-hydrogen) atoms. The van der Waals surface area contributed by atoms with Gasteiger partial charge in [-0.3, -0.25) is 9.78 Å². The van der Waals surface area contributed by atoms with Crippen LogP contribution in [0.1, 0.15) is 37.1 Å². The minimum absolute atomic E-state index is 0.000888. The molecule has 1 aromatic heterocycles. The number of nitrogens with zero attached hydrogens (tertiary/aromatic N) is 2.